The summed E-state index contributed by atoms with van der Waals surface area (Å²) in [5.74, 6) is 3.89. The average Bonchev–Trinajstić information content (AvgIpc) is 3.20. The quantitative estimate of drug-likeness (QED) is 0.792. The van der Waals surface area contributed by atoms with Gasteiger partial charge in [0, 0.05) is 25.6 Å². The Bertz CT molecular complexity index is 472. The molecule has 4 nitrogen and oxygen atoms in total. The molecule has 1 N–H and O–H groups in total. The van der Waals surface area contributed by atoms with Crippen LogP contribution in [0.4, 0.5) is 5.69 Å². The number of hydrogen-bond acceptors (Lipinski definition) is 4. The number of hydrogen-bond donors (Lipinski definition) is 1. The van der Waals surface area contributed by atoms with Crippen LogP contribution in [0.3, 0.4) is 0 Å². The second-order valence-electron chi connectivity index (χ2n) is 5.43. The minimum atomic E-state index is 0.340. The normalized spacial score (nSPS) is 14.5. The van der Waals surface area contributed by atoms with Crippen LogP contribution in [0.15, 0.2) is 6.20 Å². The molecule has 1 aromatic heterocycles. The molecule has 1 aliphatic carbocycles. The Kier molecular flexibility index (Phi) is 4.39. The zero-order valence-corrected chi connectivity index (χ0v) is 12.0. The van der Waals surface area contributed by atoms with Crippen molar-refractivity contribution in [3.63, 3.8) is 0 Å². The fraction of sp³-hybridized carbons (Fsp3) is 0.600. The summed E-state index contributed by atoms with van der Waals surface area (Å²) >= 11 is 0. The molecular weight excluding hydrogens is 236 g/mol. The van der Waals surface area contributed by atoms with E-state index in [4.69, 9.17) is 11.4 Å². The Morgan fingerprint density at radius 1 is 1.53 bits per heavy atom. The second kappa shape index (κ2) is 6.03. The van der Waals surface area contributed by atoms with Crippen LogP contribution in [0.25, 0.3) is 0 Å². The predicted octanol–water partition coefficient (Wildman–Crippen LogP) is 1.92. The van der Waals surface area contributed by atoms with Crippen molar-refractivity contribution in [1.29, 1.82) is 0 Å². The van der Waals surface area contributed by atoms with E-state index >= 15 is 0 Å². The third kappa shape index (κ3) is 3.68. The third-order valence-corrected chi connectivity index (χ3v) is 3.26. The van der Waals surface area contributed by atoms with E-state index < -0.39 is 0 Å². The third-order valence-electron chi connectivity index (χ3n) is 3.26. The molecule has 1 saturated carbocycles. The summed E-state index contributed by atoms with van der Waals surface area (Å²) in [6.45, 7) is 5.58. The van der Waals surface area contributed by atoms with Gasteiger partial charge in [0.25, 0.3) is 0 Å². The van der Waals surface area contributed by atoms with E-state index in [0.717, 1.165) is 23.8 Å². The molecule has 0 atom stereocenters. The summed E-state index contributed by atoms with van der Waals surface area (Å²) < 4.78 is 0. The minimum absolute atomic E-state index is 0.340. The molecule has 4 heteroatoms. The van der Waals surface area contributed by atoms with Crippen LogP contribution in [0, 0.1) is 12.3 Å². The summed E-state index contributed by atoms with van der Waals surface area (Å²) in [7, 11) is 1.98. The van der Waals surface area contributed by atoms with Crippen LogP contribution in [0.5, 0.6) is 0 Å². The topological polar surface area (TPSA) is 41.1 Å². The molecule has 0 aliphatic heterocycles. The zero-order chi connectivity index (χ0) is 13.8. The molecule has 0 amide bonds. The van der Waals surface area contributed by atoms with Gasteiger partial charge in [-0.2, -0.15) is 0 Å². The van der Waals surface area contributed by atoms with Crippen molar-refractivity contribution in [2.75, 3.05) is 18.5 Å². The predicted molar refractivity (Wildman–Crippen MR) is 78.1 cm³/mol. The van der Waals surface area contributed by atoms with Gasteiger partial charge < -0.3 is 10.2 Å². The van der Waals surface area contributed by atoms with Gasteiger partial charge in [-0.15, -0.1) is 6.42 Å². The fourth-order valence-electron chi connectivity index (χ4n) is 1.90. The molecule has 0 aromatic carbocycles. The van der Waals surface area contributed by atoms with Crippen molar-refractivity contribution in [3.8, 4) is 12.3 Å². The zero-order valence-electron chi connectivity index (χ0n) is 12.0. The highest BCUT2D eigenvalue weighted by molar-refractivity contribution is 5.49. The minimum Gasteiger partial charge on any atom is -0.361 e. The van der Waals surface area contributed by atoms with Crippen LogP contribution < -0.4 is 10.2 Å². The van der Waals surface area contributed by atoms with Gasteiger partial charge in [-0.1, -0.05) is 19.8 Å². The fourth-order valence-corrected chi connectivity index (χ4v) is 1.90. The van der Waals surface area contributed by atoms with E-state index in [0.29, 0.717) is 18.5 Å². The maximum absolute atomic E-state index is 5.38. The Balaban J connectivity index is 2.20. The lowest BCUT2D eigenvalue weighted by Gasteiger charge is -2.20. The van der Waals surface area contributed by atoms with Crippen molar-refractivity contribution >= 4 is 5.69 Å². The molecule has 102 valence electrons. The van der Waals surface area contributed by atoms with Gasteiger partial charge >= 0.3 is 0 Å². The first-order valence-corrected chi connectivity index (χ1v) is 6.85. The Morgan fingerprint density at radius 3 is 2.84 bits per heavy atom. The van der Waals surface area contributed by atoms with E-state index in [1.807, 2.05) is 18.1 Å². The monoisotopic (exact) mass is 258 g/mol. The Morgan fingerprint density at radius 2 is 2.26 bits per heavy atom. The average molecular weight is 258 g/mol. The number of aromatic nitrogens is 2. The summed E-state index contributed by atoms with van der Waals surface area (Å²) in [6.07, 6.45) is 9.82. The molecule has 19 heavy (non-hydrogen) atoms. The summed E-state index contributed by atoms with van der Waals surface area (Å²) in [5.41, 5.74) is 2.07. The highest BCUT2D eigenvalue weighted by atomic mass is 15.1. The van der Waals surface area contributed by atoms with Gasteiger partial charge in [-0.3, -0.25) is 0 Å². The number of anilines is 1. The number of nitrogens with one attached hydrogen (secondary N) is 1. The molecule has 1 heterocycles. The maximum atomic E-state index is 5.38. The Hall–Kier alpha value is -1.60. The first-order chi connectivity index (χ1) is 9.11. The van der Waals surface area contributed by atoms with E-state index in [-0.39, 0.29) is 0 Å². The van der Waals surface area contributed by atoms with Gasteiger partial charge in [-0.05, 0) is 12.8 Å². The van der Waals surface area contributed by atoms with E-state index in [9.17, 15) is 0 Å². The summed E-state index contributed by atoms with van der Waals surface area (Å²) in [6, 6.07) is 0.670. The van der Waals surface area contributed by atoms with Crippen LogP contribution in [0.1, 0.15) is 44.1 Å². The number of rotatable bonds is 6. The molecule has 0 bridgehead atoms. The summed E-state index contributed by atoms with van der Waals surface area (Å²) in [4.78, 5) is 11.1. The number of nitrogens with zero attached hydrogens (tertiary/aromatic N) is 3. The smallest absolute Gasteiger partial charge is 0.131 e. The van der Waals surface area contributed by atoms with Crippen molar-refractivity contribution in [2.45, 2.75) is 45.2 Å². The van der Waals surface area contributed by atoms with Gasteiger partial charge in [0.15, 0.2) is 0 Å². The van der Waals surface area contributed by atoms with Gasteiger partial charge in [0.2, 0.25) is 0 Å². The molecular formula is C15H22N4. The van der Waals surface area contributed by atoms with Gasteiger partial charge in [-0.25, -0.2) is 9.97 Å². The molecule has 1 fully saturated rings. The molecule has 0 unspecified atom stereocenters. The first kappa shape index (κ1) is 13.8. The van der Waals surface area contributed by atoms with Crippen LogP contribution in [-0.4, -0.2) is 29.6 Å². The van der Waals surface area contributed by atoms with Gasteiger partial charge in [0.05, 0.1) is 24.1 Å². The van der Waals surface area contributed by atoms with E-state index in [1.165, 1.54) is 12.8 Å². The van der Waals surface area contributed by atoms with Crippen molar-refractivity contribution in [3.05, 3.63) is 17.7 Å². The molecule has 2 rings (SSSR count). The maximum Gasteiger partial charge on any atom is 0.131 e. The van der Waals surface area contributed by atoms with Crippen LogP contribution in [-0.2, 0) is 6.54 Å². The van der Waals surface area contributed by atoms with Gasteiger partial charge in [0.1, 0.15) is 5.82 Å². The van der Waals surface area contributed by atoms with E-state index in [2.05, 4.69) is 30.1 Å². The van der Waals surface area contributed by atoms with Crippen molar-refractivity contribution in [1.82, 2.24) is 15.3 Å². The van der Waals surface area contributed by atoms with Crippen LogP contribution in [0.2, 0.25) is 0 Å². The first-order valence-electron chi connectivity index (χ1n) is 6.85. The molecule has 0 saturated heterocycles. The lowest BCUT2D eigenvalue weighted by Crippen LogP contribution is -2.24. The Labute approximate surface area is 115 Å². The highest BCUT2D eigenvalue weighted by Gasteiger charge is 2.21. The van der Waals surface area contributed by atoms with Crippen molar-refractivity contribution in [2.24, 2.45) is 0 Å². The lowest BCUT2D eigenvalue weighted by molar-refractivity contribution is 0.658. The number of terminal acetylenes is 1. The molecule has 0 spiro atoms. The largest absolute Gasteiger partial charge is 0.361 e. The second-order valence-corrected chi connectivity index (χ2v) is 5.43. The molecule has 1 aromatic rings. The van der Waals surface area contributed by atoms with E-state index in [1.54, 1.807) is 0 Å². The summed E-state index contributed by atoms with van der Waals surface area (Å²) in [5, 5.41) is 3.51. The SMILES string of the molecule is C#CCN(C)c1cnc(C(C)C)nc1CNC1CC1. The van der Waals surface area contributed by atoms with Crippen molar-refractivity contribution < 1.29 is 0 Å². The molecule has 0 radical (unpaired) electrons. The lowest BCUT2D eigenvalue weighted by atomic mass is 10.2. The highest BCUT2D eigenvalue weighted by Crippen LogP contribution is 2.22. The standard InChI is InChI=1S/C15H22N4/c1-5-8-19(4)14-10-17-15(11(2)3)18-13(14)9-16-12-6-7-12/h1,10-12,16H,6-9H2,2-4H3. The van der Waals surface area contributed by atoms with Crippen LogP contribution >= 0.6 is 0 Å². The molecule has 1 aliphatic rings.